The van der Waals surface area contributed by atoms with Gasteiger partial charge in [-0.15, -0.1) is 0 Å². The average Bonchev–Trinajstić information content (AvgIpc) is 2.88. The smallest absolute Gasteiger partial charge is 0.337 e. The van der Waals surface area contributed by atoms with Gasteiger partial charge < -0.3 is 5.11 Å². The predicted octanol–water partition coefficient (Wildman–Crippen LogP) is 4.07. The van der Waals surface area contributed by atoms with Crippen LogP contribution in [-0.4, -0.2) is 16.1 Å². The summed E-state index contributed by atoms with van der Waals surface area (Å²) in [6, 6.07) is 7.75. The molecule has 3 nitrogen and oxygen atoms in total. The Hall–Kier alpha value is -1.52. The predicted molar refractivity (Wildman–Crippen MR) is 78.8 cm³/mol. The Bertz CT molecular complexity index is 688. The third-order valence-corrected chi connectivity index (χ3v) is 4.86. The van der Waals surface area contributed by atoms with Crippen LogP contribution in [0.1, 0.15) is 27.9 Å². The molecule has 0 aliphatic heterocycles. The molecule has 0 bridgehead atoms. The van der Waals surface area contributed by atoms with Crippen molar-refractivity contribution in [3.8, 4) is 0 Å². The zero-order chi connectivity index (χ0) is 14.1. The third kappa shape index (κ3) is 2.53. The maximum atomic E-state index is 11.1. The first-order chi connectivity index (χ1) is 9.65. The maximum Gasteiger partial charge on any atom is 0.337 e. The van der Waals surface area contributed by atoms with E-state index in [1.54, 1.807) is 0 Å². The summed E-state index contributed by atoms with van der Waals surface area (Å²) in [6.07, 6.45) is 4.94. The number of hydrogen-bond donors (Lipinski definition) is 1. The Morgan fingerprint density at radius 2 is 2.05 bits per heavy atom. The highest BCUT2D eigenvalue weighted by atomic mass is 35.5. The fraction of sp³-hybridized carbons (Fsp3) is 0.200. The Morgan fingerprint density at radius 3 is 2.85 bits per heavy atom. The normalized spacial score (nSPS) is 13.2. The van der Waals surface area contributed by atoms with E-state index >= 15 is 0 Å². The minimum atomic E-state index is -1.03. The first-order valence-corrected chi connectivity index (χ1v) is 7.52. The summed E-state index contributed by atoms with van der Waals surface area (Å²) in [5.41, 5.74) is 2.87. The molecule has 0 saturated carbocycles. The quantitative estimate of drug-likeness (QED) is 0.928. The molecule has 0 saturated heterocycles. The van der Waals surface area contributed by atoms with Gasteiger partial charge in [-0.25, -0.2) is 9.78 Å². The molecule has 1 aromatic heterocycles. The summed E-state index contributed by atoms with van der Waals surface area (Å²) >= 11 is 7.51. The Balaban J connectivity index is 1.92. The molecule has 1 aliphatic rings. The van der Waals surface area contributed by atoms with Crippen molar-refractivity contribution in [3.63, 3.8) is 0 Å². The molecule has 3 rings (SSSR count). The van der Waals surface area contributed by atoms with E-state index in [2.05, 4.69) is 17.1 Å². The number of aryl methyl sites for hydroxylation is 2. The maximum absolute atomic E-state index is 11.1. The van der Waals surface area contributed by atoms with Gasteiger partial charge in [0.1, 0.15) is 5.03 Å². The van der Waals surface area contributed by atoms with E-state index < -0.39 is 5.97 Å². The van der Waals surface area contributed by atoms with Crippen LogP contribution in [0, 0.1) is 0 Å². The van der Waals surface area contributed by atoms with Crippen LogP contribution >= 0.6 is 23.4 Å². The van der Waals surface area contributed by atoms with Crippen molar-refractivity contribution >= 4 is 29.3 Å². The standard InChI is InChI=1S/C15H12ClNO2S/c16-13-12(15(18)19)6-7-17-14(13)20-11-5-4-9-2-1-3-10(9)8-11/h4-8H,1-3H2,(H,18,19). The summed E-state index contributed by atoms with van der Waals surface area (Å²) < 4.78 is 0. The number of pyridine rings is 1. The summed E-state index contributed by atoms with van der Waals surface area (Å²) in [6.45, 7) is 0. The van der Waals surface area contributed by atoms with Crippen molar-refractivity contribution in [1.82, 2.24) is 4.98 Å². The minimum Gasteiger partial charge on any atom is -0.478 e. The lowest BCUT2D eigenvalue weighted by atomic mass is 10.1. The molecule has 0 radical (unpaired) electrons. The molecule has 1 aliphatic carbocycles. The fourth-order valence-corrected chi connectivity index (χ4v) is 3.57. The third-order valence-electron chi connectivity index (χ3n) is 3.37. The fourth-order valence-electron chi connectivity index (χ4n) is 2.38. The molecule has 102 valence electrons. The Kier molecular flexibility index (Phi) is 3.68. The van der Waals surface area contributed by atoms with Gasteiger partial charge in [-0.1, -0.05) is 29.4 Å². The number of benzene rings is 1. The van der Waals surface area contributed by atoms with Gasteiger partial charge in [-0.2, -0.15) is 0 Å². The summed E-state index contributed by atoms with van der Waals surface area (Å²) in [5.74, 6) is -1.03. The van der Waals surface area contributed by atoms with Crippen molar-refractivity contribution in [2.45, 2.75) is 29.2 Å². The van der Waals surface area contributed by atoms with Crippen molar-refractivity contribution < 1.29 is 9.90 Å². The molecule has 20 heavy (non-hydrogen) atoms. The lowest BCUT2D eigenvalue weighted by Crippen LogP contribution is -1.99. The Labute approximate surface area is 126 Å². The van der Waals surface area contributed by atoms with Crippen LogP contribution in [0.25, 0.3) is 0 Å². The number of aromatic carboxylic acids is 1. The van der Waals surface area contributed by atoms with Crippen LogP contribution in [-0.2, 0) is 12.8 Å². The van der Waals surface area contributed by atoms with Gasteiger partial charge in [-0.05, 0) is 48.6 Å². The summed E-state index contributed by atoms with van der Waals surface area (Å²) in [4.78, 5) is 16.3. The van der Waals surface area contributed by atoms with Crippen molar-refractivity contribution in [3.05, 3.63) is 52.2 Å². The van der Waals surface area contributed by atoms with Gasteiger partial charge in [0.25, 0.3) is 0 Å². The number of carboxylic acids is 1. The Morgan fingerprint density at radius 1 is 1.25 bits per heavy atom. The highest BCUT2D eigenvalue weighted by molar-refractivity contribution is 7.99. The molecular formula is C15H12ClNO2S. The van der Waals surface area contributed by atoms with E-state index in [0.29, 0.717) is 5.03 Å². The molecule has 1 aromatic carbocycles. The second-order valence-corrected chi connectivity index (χ2v) is 6.11. The highest BCUT2D eigenvalue weighted by Gasteiger charge is 2.16. The van der Waals surface area contributed by atoms with E-state index in [9.17, 15) is 4.79 Å². The van der Waals surface area contributed by atoms with E-state index in [1.165, 1.54) is 41.6 Å². The molecule has 5 heteroatoms. The molecule has 0 unspecified atom stereocenters. The van der Waals surface area contributed by atoms with Gasteiger partial charge in [0, 0.05) is 11.1 Å². The summed E-state index contributed by atoms with van der Waals surface area (Å²) in [7, 11) is 0. The van der Waals surface area contributed by atoms with E-state index in [1.807, 2.05) is 6.07 Å². The number of carbonyl (C=O) groups is 1. The number of halogens is 1. The topological polar surface area (TPSA) is 50.2 Å². The van der Waals surface area contributed by atoms with E-state index in [-0.39, 0.29) is 10.6 Å². The number of carboxylic acid groups (broad SMARTS) is 1. The van der Waals surface area contributed by atoms with Crippen molar-refractivity contribution in [2.24, 2.45) is 0 Å². The van der Waals surface area contributed by atoms with Crippen LogP contribution in [0.15, 0.2) is 40.4 Å². The number of nitrogens with zero attached hydrogens (tertiary/aromatic N) is 1. The van der Waals surface area contributed by atoms with Crippen molar-refractivity contribution in [2.75, 3.05) is 0 Å². The number of fused-ring (bicyclic) bond motifs is 1. The van der Waals surface area contributed by atoms with Gasteiger partial charge in [0.05, 0.1) is 10.6 Å². The number of hydrogen-bond acceptors (Lipinski definition) is 3. The van der Waals surface area contributed by atoms with Gasteiger partial charge in [0.2, 0.25) is 0 Å². The number of aromatic nitrogens is 1. The summed E-state index contributed by atoms with van der Waals surface area (Å²) in [5, 5.41) is 9.79. The second-order valence-electron chi connectivity index (χ2n) is 4.67. The van der Waals surface area contributed by atoms with Gasteiger partial charge >= 0.3 is 5.97 Å². The second kappa shape index (κ2) is 5.46. The average molecular weight is 306 g/mol. The van der Waals surface area contributed by atoms with Crippen LogP contribution in [0.3, 0.4) is 0 Å². The number of rotatable bonds is 3. The molecule has 2 aromatic rings. The van der Waals surface area contributed by atoms with E-state index in [4.69, 9.17) is 16.7 Å². The highest BCUT2D eigenvalue weighted by Crippen LogP contribution is 2.35. The van der Waals surface area contributed by atoms with Crippen LogP contribution < -0.4 is 0 Å². The molecule has 0 spiro atoms. The largest absolute Gasteiger partial charge is 0.478 e. The van der Waals surface area contributed by atoms with Crippen LogP contribution in [0.2, 0.25) is 5.02 Å². The van der Waals surface area contributed by atoms with Crippen LogP contribution in [0.5, 0.6) is 0 Å². The zero-order valence-corrected chi connectivity index (χ0v) is 12.2. The van der Waals surface area contributed by atoms with E-state index in [0.717, 1.165) is 17.7 Å². The lowest BCUT2D eigenvalue weighted by molar-refractivity contribution is 0.0696. The first kappa shape index (κ1) is 13.5. The van der Waals surface area contributed by atoms with Crippen molar-refractivity contribution in [1.29, 1.82) is 0 Å². The first-order valence-electron chi connectivity index (χ1n) is 6.32. The van der Waals surface area contributed by atoms with Gasteiger partial charge in [0.15, 0.2) is 0 Å². The molecule has 0 amide bonds. The molecule has 0 atom stereocenters. The lowest BCUT2D eigenvalue weighted by Gasteiger charge is -2.07. The monoisotopic (exact) mass is 305 g/mol. The van der Waals surface area contributed by atoms with Gasteiger partial charge in [-0.3, -0.25) is 0 Å². The zero-order valence-electron chi connectivity index (χ0n) is 10.6. The molecule has 1 N–H and O–H groups in total. The molecule has 1 heterocycles. The van der Waals surface area contributed by atoms with Crippen LogP contribution in [0.4, 0.5) is 0 Å². The molecule has 0 fully saturated rings. The minimum absolute atomic E-state index is 0.0883. The molecular weight excluding hydrogens is 294 g/mol. The SMILES string of the molecule is O=C(O)c1ccnc(Sc2ccc3c(c2)CCC3)c1Cl.